The number of fused-ring (bicyclic) bond motifs is 1. The zero-order valence-corrected chi connectivity index (χ0v) is 10.7. The summed E-state index contributed by atoms with van der Waals surface area (Å²) in [5.74, 6) is 4.68. The third-order valence-electron chi connectivity index (χ3n) is 2.90. The van der Waals surface area contributed by atoms with Gasteiger partial charge in [-0.1, -0.05) is 0 Å². The van der Waals surface area contributed by atoms with Crippen molar-refractivity contribution in [3.05, 3.63) is 29.6 Å². The molecule has 0 unspecified atom stereocenters. The van der Waals surface area contributed by atoms with Crippen LogP contribution < -0.4 is 26.6 Å². The minimum atomic E-state index is -1.34. The van der Waals surface area contributed by atoms with Gasteiger partial charge in [-0.05, 0) is 12.1 Å². The number of nitrogens with zero attached hydrogens (tertiary/aromatic N) is 1. The number of amides is 1. The summed E-state index contributed by atoms with van der Waals surface area (Å²) in [6, 6.07) is 4.85. The van der Waals surface area contributed by atoms with Crippen LogP contribution in [0.2, 0.25) is 0 Å². The van der Waals surface area contributed by atoms with Gasteiger partial charge >= 0.3 is 5.97 Å². The molecule has 1 heterocycles. The monoisotopic (exact) mass is 278 g/mol. The third kappa shape index (κ3) is 2.36. The van der Waals surface area contributed by atoms with E-state index >= 15 is 0 Å². The van der Waals surface area contributed by atoms with Gasteiger partial charge in [0.25, 0.3) is 0 Å². The molecular formula is C12H14N4O4. The Morgan fingerprint density at radius 3 is 2.80 bits per heavy atom. The summed E-state index contributed by atoms with van der Waals surface area (Å²) in [6.45, 7) is 0. The van der Waals surface area contributed by atoms with E-state index in [0.29, 0.717) is 17.1 Å². The molecule has 106 valence electrons. The number of ether oxygens (including phenoxy) is 1. The normalized spacial score (nSPS) is 16.9. The number of nitrogens with two attached hydrogens (primary N) is 2. The summed E-state index contributed by atoms with van der Waals surface area (Å²) >= 11 is 0. The number of anilines is 2. The first-order valence-electron chi connectivity index (χ1n) is 5.68. The van der Waals surface area contributed by atoms with Gasteiger partial charge in [0.15, 0.2) is 0 Å². The summed E-state index contributed by atoms with van der Waals surface area (Å²) in [4.78, 5) is 22.8. The molecule has 0 radical (unpaired) electrons. The number of carboxylic acids is 1. The highest BCUT2D eigenvalue weighted by atomic mass is 16.5. The van der Waals surface area contributed by atoms with Gasteiger partial charge in [-0.25, -0.2) is 10.6 Å². The number of benzene rings is 1. The van der Waals surface area contributed by atoms with Crippen LogP contribution in [0.25, 0.3) is 0 Å². The van der Waals surface area contributed by atoms with E-state index in [9.17, 15) is 9.59 Å². The van der Waals surface area contributed by atoms with Crippen molar-refractivity contribution in [2.24, 2.45) is 11.6 Å². The van der Waals surface area contributed by atoms with E-state index in [2.05, 4.69) is 5.32 Å². The number of methoxy groups -OCH3 is 1. The average molecular weight is 278 g/mol. The lowest BCUT2D eigenvalue weighted by Gasteiger charge is -2.21. The quantitative estimate of drug-likeness (QED) is 0.441. The molecule has 0 spiro atoms. The zero-order chi connectivity index (χ0) is 14.9. The molecule has 0 saturated carbocycles. The number of aliphatic carboxylic acids is 1. The summed E-state index contributed by atoms with van der Waals surface area (Å²) < 4.78 is 5.08. The van der Waals surface area contributed by atoms with Crippen molar-refractivity contribution in [2.75, 3.05) is 17.4 Å². The fourth-order valence-corrected chi connectivity index (χ4v) is 1.87. The Morgan fingerprint density at radius 1 is 1.50 bits per heavy atom. The maximum atomic E-state index is 11.8. The molecule has 0 fully saturated rings. The second kappa shape index (κ2) is 5.10. The highest BCUT2D eigenvalue weighted by Crippen LogP contribution is 2.34. The van der Waals surface area contributed by atoms with E-state index in [1.165, 1.54) is 7.11 Å². The lowest BCUT2D eigenvalue weighted by molar-refractivity contribution is -0.132. The zero-order valence-electron chi connectivity index (χ0n) is 10.7. The molecule has 8 heteroatoms. The molecular weight excluding hydrogens is 264 g/mol. The van der Waals surface area contributed by atoms with E-state index in [4.69, 9.17) is 21.4 Å². The van der Waals surface area contributed by atoms with Crippen molar-refractivity contribution >= 4 is 23.3 Å². The molecule has 6 N–H and O–H groups in total. The van der Waals surface area contributed by atoms with E-state index < -0.39 is 17.6 Å². The topological polar surface area (TPSA) is 131 Å². The van der Waals surface area contributed by atoms with Gasteiger partial charge in [0.05, 0.1) is 30.6 Å². The maximum absolute atomic E-state index is 11.8. The Hall–Kier alpha value is -2.74. The van der Waals surface area contributed by atoms with Gasteiger partial charge in [0.1, 0.15) is 11.4 Å². The maximum Gasteiger partial charge on any atom is 0.353 e. The number of hydrogen-bond donors (Lipinski definition) is 4. The van der Waals surface area contributed by atoms with E-state index in [1.807, 2.05) is 0 Å². The van der Waals surface area contributed by atoms with Crippen LogP contribution in [0, 0.1) is 0 Å². The molecule has 1 aliphatic heterocycles. The SMILES string of the molecule is COc1ccc2c(c1)N(N)/C(=C(\N)C(=O)O)CC(=O)N2. The minimum Gasteiger partial charge on any atom is -0.497 e. The Morgan fingerprint density at radius 2 is 2.20 bits per heavy atom. The van der Waals surface area contributed by atoms with Gasteiger partial charge in [-0.3, -0.25) is 9.80 Å². The molecule has 0 aromatic heterocycles. The summed E-state index contributed by atoms with van der Waals surface area (Å²) in [5, 5.41) is 12.7. The van der Waals surface area contributed by atoms with Crippen LogP contribution in [0.1, 0.15) is 6.42 Å². The Kier molecular flexibility index (Phi) is 3.49. The average Bonchev–Trinajstić information content (AvgIpc) is 2.54. The molecule has 0 atom stereocenters. The molecule has 8 nitrogen and oxygen atoms in total. The molecule has 1 aliphatic rings. The summed E-state index contributed by atoms with van der Waals surface area (Å²) in [6.07, 6.45) is -0.231. The minimum absolute atomic E-state index is 0.0157. The number of carboxylic acid groups (broad SMARTS) is 1. The molecule has 0 saturated heterocycles. The molecule has 1 aromatic carbocycles. The van der Waals surface area contributed by atoms with E-state index in [-0.39, 0.29) is 12.1 Å². The van der Waals surface area contributed by atoms with Crippen LogP contribution in [0.5, 0.6) is 5.75 Å². The number of hydrogen-bond acceptors (Lipinski definition) is 6. The van der Waals surface area contributed by atoms with Crippen LogP contribution in [-0.4, -0.2) is 24.1 Å². The summed E-state index contributed by atoms with van der Waals surface area (Å²) in [7, 11) is 1.49. The molecule has 20 heavy (non-hydrogen) atoms. The number of carbonyl (C=O) groups excluding carboxylic acids is 1. The lowest BCUT2D eigenvalue weighted by Crippen LogP contribution is -2.34. The lowest BCUT2D eigenvalue weighted by atomic mass is 10.2. The molecule has 0 aliphatic carbocycles. The van der Waals surface area contributed by atoms with Gasteiger partial charge in [0.2, 0.25) is 5.91 Å². The number of rotatable bonds is 2. The fraction of sp³-hybridized carbons (Fsp3) is 0.167. The van der Waals surface area contributed by atoms with Gasteiger partial charge in [-0.2, -0.15) is 0 Å². The van der Waals surface area contributed by atoms with Crippen LogP contribution in [0.4, 0.5) is 11.4 Å². The highest BCUT2D eigenvalue weighted by molar-refractivity contribution is 6.00. The van der Waals surface area contributed by atoms with Crippen molar-refractivity contribution < 1.29 is 19.4 Å². The largest absolute Gasteiger partial charge is 0.497 e. The first-order valence-corrected chi connectivity index (χ1v) is 5.68. The number of hydrazine groups is 1. The molecule has 1 amide bonds. The third-order valence-corrected chi connectivity index (χ3v) is 2.90. The Labute approximate surface area is 114 Å². The Balaban J connectivity index is 2.59. The van der Waals surface area contributed by atoms with Crippen molar-refractivity contribution in [2.45, 2.75) is 6.42 Å². The van der Waals surface area contributed by atoms with Crippen molar-refractivity contribution in [1.29, 1.82) is 0 Å². The number of nitrogens with one attached hydrogen (secondary N) is 1. The van der Waals surface area contributed by atoms with Crippen LogP contribution in [0.15, 0.2) is 29.6 Å². The second-order valence-electron chi connectivity index (χ2n) is 4.14. The van der Waals surface area contributed by atoms with Crippen LogP contribution in [0.3, 0.4) is 0 Å². The van der Waals surface area contributed by atoms with Crippen LogP contribution >= 0.6 is 0 Å². The molecule has 1 aromatic rings. The predicted octanol–water partition coefficient (Wildman–Crippen LogP) is -0.0276. The molecule has 2 rings (SSSR count). The van der Waals surface area contributed by atoms with Crippen molar-refractivity contribution in [3.8, 4) is 5.75 Å². The standard InChI is InChI=1S/C12H14N4O4/c1-20-6-2-3-7-8(4-6)16(14)9(5-10(17)15-7)11(13)12(18)19/h2-4H,5,13-14H2,1H3,(H,15,17)(H,18,19)/b11-9-. The fourth-order valence-electron chi connectivity index (χ4n) is 1.87. The van der Waals surface area contributed by atoms with Crippen molar-refractivity contribution in [3.63, 3.8) is 0 Å². The van der Waals surface area contributed by atoms with Gasteiger partial charge < -0.3 is 20.9 Å². The second-order valence-corrected chi connectivity index (χ2v) is 4.14. The predicted molar refractivity (Wildman–Crippen MR) is 71.8 cm³/mol. The van der Waals surface area contributed by atoms with Crippen LogP contribution in [-0.2, 0) is 9.59 Å². The Bertz CT molecular complexity index is 611. The van der Waals surface area contributed by atoms with Gasteiger partial charge in [0, 0.05) is 6.07 Å². The smallest absolute Gasteiger partial charge is 0.353 e. The molecule has 0 bridgehead atoms. The number of carbonyl (C=O) groups is 2. The summed E-state index contributed by atoms with van der Waals surface area (Å²) in [5.41, 5.74) is 5.88. The highest BCUT2D eigenvalue weighted by Gasteiger charge is 2.26. The van der Waals surface area contributed by atoms with Crippen molar-refractivity contribution in [1.82, 2.24) is 0 Å². The van der Waals surface area contributed by atoms with Gasteiger partial charge in [-0.15, -0.1) is 0 Å². The first kappa shape index (κ1) is 13.7. The van der Waals surface area contributed by atoms with E-state index in [0.717, 1.165) is 5.01 Å². The first-order chi connectivity index (χ1) is 9.43. The van der Waals surface area contributed by atoms with E-state index in [1.54, 1.807) is 18.2 Å².